The fraction of sp³-hybridized carbons (Fsp3) is 0.316. The van der Waals surface area contributed by atoms with Crippen LogP contribution in [0.4, 0.5) is 0 Å². The van der Waals surface area contributed by atoms with Gasteiger partial charge in [0.25, 0.3) is 0 Å². The largest absolute Gasteiger partial charge is 0.496 e. The third-order valence-electron chi connectivity index (χ3n) is 4.19. The van der Waals surface area contributed by atoms with Crippen molar-refractivity contribution in [2.24, 2.45) is 0 Å². The van der Waals surface area contributed by atoms with Gasteiger partial charge in [-0.25, -0.2) is 0 Å². The van der Waals surface area contributed by atoms with Crippen LogP contribution < -0.4 is 4.74 Å². The molecule has 2 nitrogen and oxygen atoms in total. The third-order valence-corrected chi connectivity index (χ3v) is 4.19. The number of Topliss-reactive ketones (excluding diaryl/α,β-unsaturated/α-hetero) is 1. The van der Waals surface area contributed by atoms with E-state index < -0.39 is 0 Å². The summed E-state index contributed by atoms with van der Waals surface area (Å²) in [5, 5.41) is 0. The number of para-hydroxylation sites is 1. The number of carbonyl (C=O) groups excluding carboxylic acids is 1. The van der Waals surface area contributed by atoms with Gasteiger partial charge >= 0.3 is 0 Å². The minimum absolute atomic E-state index is 0.154. The first kappa shape index (κ1) is 15.3. The number of hydrogen-bond acceptors (Lipinski definition) is 2. The van der Waals surface area contributed by atoms with Gasteiger partial charge in [0.05, 0.1) is 7.11 Å². The fourth-order valence-corrected chi connectivity index (χ4v) is 2.75. The highest BCUT2D eigenvalue weighted by Crippen LogP contribution is 2.25. The number of ether oxygens (including phenoxy) is 1. The second-order valence-corrected chi connectivity index (χ2v) is 5.55. The number of rotatable bonds is 4. The van der Waals surface area contributed by atoms with Crippen LogP contribution in [0.2, 0.25) is 0 Å². The van der Waals surface area contributed by atoms with Gasteiger partial charge in [-0.3, -0.25) is 4.79 Å². The molecule has 2 aromatic carbocycles. The zero-order valence-electron chi connectivity index (χ0n) is 13.4. The zero-order valence-corrected chi connectivity index (χ0v) is 13.4. The molecule has 0 fully saturated rings. The molecule has 0 amide bonds. The minimum atomic E-state index is 0.154. The van der Waals surface area contributed by atoms with Crippen molar-refractivity contribution in [1.82, 2.24) is 0 Å². The van der Waals surface area contributed by atoms with Crippen LogP contribution in [0.25, 0.3) is 0 Å². The van der Waals surface area contributed by atoms with E-state index in [-0.39, 0.29) is 5.78 Å². The molecule has 2 rings (SSSR count). The summed E-state index contributed by atoms with van der Waals surface area (Å²) in [6.45, 7) is 8.16. The molecule has 2 heteroatoms. The first-order valence-corrected chi connectivity index (χ1v) is 7.18. The quantitative estimate of drug-likeness (QED) is 0.779. The molecule has 0 atom stereocenters. The highest BCUT2D eigenvalue weighted by molar-refractivity contribution is 6.01. The molecule has 0 aliphatic rings. The molecule has 0 unspecified atom stereocenters. The SMILES string of the molecule is COc1ccccc1CC(=O)c1c(C)c(C)cc(C)c1C. The molecule has 0 bridgehead atoms. The highest BCUT2D eigenvalue weighted by atomic mass is 16.5. The normalized spacial score (nSPS) is 10.5. The fourth-order valence-electron chi connectivity index (χ4n) is 2.75. The molecule has 0 radical (unpaired) electrons. The van der Waals surface area contributed by atoms with Crippen LogP contribution in [0, 0.1) is 27.7 Å². The van der Waals surface area contributed by atoms with E-state index in [0.29, 0.717) is 6.42 Å². The topological polar surface area (TPSA) is 26.3 Å². The van der Waals surface area contributed by atoms with Crippen molar-refractivity contribution in [2.45, 2.75) is 34.1 Å². The number of hydrogen-bond donors (Lipinski definition) is 0. The number of carbonyl (C=O) groups is 1. The number of aryl methyl sites for hydroxylation is 2. The monoisotopic (exact) mass is 282 g/mol. The molecule has 21 heavy (non-hydrogen) atoms. The Morgan fingerprint density at radius 3 is 2.14 bits per heavy atom. The predicted molar refractivity (Wildman–Crippen MR) is 86.4 cm³/mol. The van der Waals surface area contributed by atoms with Gasteiger partial charge in [-0.2, -0.15) is 0 Å². The Hall–Kier alpha value is -2.09. The Balaban J connectivity index is 2.42. The lowest BCUT2D eigenvalue weighted by atomic mass is 9.89. The molecular formula is C19H22O2. The van der Waals surface area contributed by atoms with Gasteiger partial charge in [0.2, 0.25) is 0 Å². The molecule has 0 aromatic heterocycles. The Bertz CT molecular complexity index is 658. The van der Waals surface area contributed by atoms with E-state index in [0.717, 1.165) is 28.0 Å². The van der Waals surface area contributed by atoms with Crippen LogP contribution in [0.3, 0.4) is 0 Å². The van der Waals surface area contributed by atoms with Gasteiger partial charge in [-0.15, -0.1) is 0 Å². The predicted octanol–water partition coefficient (Wildman–Crippen LogP) is 4.35. The second-order valence-electron chi connectivity index (χ2n) is 5.55. The molecule has 0 heterocycles. The zero-order chi connectivity index (χ0) is 15.6. The van der Waals surface area contributed by atoms with E-state index >= 15 is 0 Å². The van der Waals surface area contributed by atoms with Gasteiger partial charge in [-0.1, -0.05) is 24.3 Å². The van der Waals surface area contributed by atoms with E-state index in [1.54, 1.807) is 7.11 Å². The first-order valence-electron chi connectivity index (χ1n) is 7.18. The summed E-state index contributed by atoms with van der Waals surface area (Å²) in [5.41, 5.74) is 6.29. The summed E-state index contributed by atoms with van der Waals surface area (Å²) >= 11 is 0. The lowest BCUT2D eigenvalue weighted by molar-refractivity contribution is 0.0990. The van der Waals surface area contributed by atoms with Crippen LogP contribution in [0.15, 0.2) is 30.3 Å². The Kier molecular flexibility index (Phi) is 4.46. The molecule has 110 valence electrons. The van der Waals surface area contributed by atoms with Crippen molar-refractivity contribution < 1.29 is 9.53 Å². The summed E-state index contributed by atoms with van der Waals surface area (Å²) in [6, 6.07) is 9.84. The lowest BCUT2D eigenvalue weighted by Crippen LogP contribution is -2.11. The molecule has 2 aromatic rings. The van der Waals surface area contributed by atoms with Crippen molar-refractivity contribution >= 4 is 5.78 Å². The number of benzene rings is 2. The summed E-state index contributed by atoms with van der Waals surface area (Å²) in [5.74, 6) is 0.923. The second kappa shape index (κ2) is 6.13. The molecule has 0 saturated heterocycles. The molecule has 0 aliphatic carbocycles. The smallest absolute Gasteiger partial charge is 0.167 e. The molecule has 0 N–H and O–H groups in total. The van der Waals surface area contributed by atoms with Gasteiger partial charge in [0.15, 0.2) is 5.78 Å². The van der Waals surface area contributed by atoms with Crippen molar-refractivity contribution in [3.8, 4) is 5.75 Å². The Morgan fingerprint density at radius 1 is 1.00 bits per heavy atom. The maximum atomic E-state index is 12.8. The maximum Gasteiger partial charge on any atom is 0.167 e. The molecule has 0 spiro atoms. The van der Waals surface area contributed by atoms with Crippen molar-refractivity contribution in [1.29, 1.82) is 0 Å². The summed E-state index contributed by atoms with van der Waals surface area (Å²) < 4.78 is 5.34. The lowest BCUT2D eigenvalue weighted by Gasteiger charge is -2.15. The van der Waals surface area contributed by atoms with Gasteiger partial charge in [0, 0.05) is 17.5 Å². The van der Waals surface area contributed by atoms with Crippen molar-refractivity contribution in [3.63, 3.8) is 0 Å². The summed E-state index contributed by atoms with van der Waals surface area (Å²) in [7, 11) is 1.64. The minimum Gasteiger partial charge on any atom is -0.496 e. The van der Waals surface area contributed by atoms with Crippen LogP contribution in [-0.2, 0) is 6.42 Å². The van der Waals surface area contributed by atoms with Gasteiger partial charge in [-0.05, 0) is 56.0 Å². The average Bonchev–Trinajstić information content (AvgIpc) is 2.46. The van der Waals surface area contributed by atoms with E-state index in [4.69, 9.17) is 4.74 Å². The Labute approximate surface area is 126 Å². The van der Waals surface area contributed by atoms with Crippen molar-refractivity contribution in [3.05, 3.63) is 63.7 Å². The van der Waals surface area contributed by atoms with E-state index in [9.17, 15) is 4.79 Å². The van der Waals surface area contributed by atoms with Gasteiger partial charge in [0.1, 0.15) is 5.75 Å². The van der Waals surface area contributed by atoms with E-state index in [1.807, 2.05) is 38.1 Å². The van der Waals surface area contributed by atoms with Crippen LogP contribution >= 0.6 is 0 Å². The van der Waals surface area contributed by atoms with Crippen LogP contribution in [0.1, 0.15) is 38.2 Å². The van der Waals surface area contributed by atoms with Crippen LogP contribution in [-0.4, -0.2) is 12.9 Å². The molecule has 0 saturated carbocycles. The first-order chi connectivity index (χ1) is 9.95. The Morgan fingerprint density at radius 2 is 1.57 bits per heavy atom. The van der Waals surface area contributed by atoms with E-state index in [1.165, 1.54) is 11.1 Å². The number of ketones is 1. The molecular weight excluding hydrogens is 260 g/mol. The van der Waals surface area contributed by atoms with E-state index in [2.05, 4.69) is 19.9 Å². The maximum absolute atomic E-state index is 12.8. The highest BCUT2D eigenvalue weighted by Gasteiger charge is 2.17. The molecule has 0 aliphatic heterocycles. The van der Waals surface area contributed by atoms with Crippen molar-refractivity contribution in [2.75, 3.05) is 7.11 Å². The third kappa shape index (κ3) is 2.99. The number of methoxy groups -OCH3 is 1. The summed E-state index contributed by atoms with van der Waals surface area (Å²) in [6.07, 6.45) is 0.370. The average molecular weight is 282 g/mol. The standard InChI is InChI=1S/C19H22O2/c1-12-10-13(2)15(4)19(14(12)3)17(20)11-16-8-6-7-9-18(16)21-5/h6-10H,11H2,1-5H3. The van der Waals surface area contributed by atoms with Crippen LogP contribution in [0.5, 0.6) is 5.75 Å². The summed E-state index contributed by atoms with van der Waals surface area (Å²) in [4.78, 5) is 12.8. The van der Waals surface area contributed by atoms with Gasteiger partial charge < -0.3 is 4.74 Å².